The highest BCUT2D eigenvalue weighted by Crippen LogP contribution is 2.14. The summed E-state index contributed by atoms with van der Waals surface area (Å²) in [6.45, 7) is 6.48. The summed E-state index contributed by atoms with van der Waals surface area (Å²) in [7, 11) is 0. The van der Waals surface area contributed by atoms with Crippen molar-refractivity contribution in [2.75, 3.05) is 13.2 Å². The lowest BCUT2D eigenvalue weighted by Crippen LogP contribution is -2.30. The predicted octanol–water partition coefficient (Wildman–Crippen LogP) is 18.8. The molecule has 0 saturated heterocycles. The van der Waals surface area contributed by atoms with E-state index in [9.17, 15) is 14.4 Å². The minimum absolute atomic E-state index is 0.0931. The van der Waals surface area contributed by atoms with Crippen molar-refractivity contribution >= 4 is 17.9 Å². The smallest absolute Gasteiger partial charge is 0.306 e. The summed E-state index contributed by atoms with van der Waals surface area (Å²) in [5, 5.41) is 0. The van der Waals surface area contributed by atoms with Gasteiger partial charge in [0.05, 0.1) is 0 Å². The molecule has 67 heavy (non-hydrogen) atoms. The van der Waals surface area contributed by atoms with Gasteiger partial charge in [0.1, 0.15) is 13.2 Å². The number of rotatable bonds is 50. The van der Waals surface area contributed by atoms with E-state index in [2.05, 4.69) is 106 Å². The second-order valence-electron chi connectivity index (χ2n) is 18.5. The second kappa shape index (κ2) is 55.2. The number of ether oxygens (including phenoxy) is 3. The highest BCUT2D eigenvalue weighted by molar-refractivity contribution is 5.71. The van der Waals surface area contributed by atoms with Gasteiger partial charge in [-0.15, -0.1) is 0 Å². The molecule has 1 atom stereocenters. The van der Waals surface area contributed by atoms with Gasteiger partial charge >= 0.3 is 17.9 Å². The summed E-state index contributed by atoms with van der Waals surface area (Å²) in [5.41, 5.74) is 0. The molecule has 0 unspecified atom stereocenters. The molecule has 0 radical (unpaired) electrons. The lowest BCUT2D eigenvalue weighted by molar-refractivity contribution is -0.167. The van der Waals surface area contributed by atoms with Crippen LogP contribution >= 0.6 is 0 Å². The molecule has 6 heteroatoms. The third kappa shape index (κ3) is 53.4. The Labute approximate surface area is 414 Å². The lowest BCUT2D eigenvalue weighted by atomic mass is 10.1. The third-order valence-electron chi connectivity index (χ3n) is 11.9. The second-order valence-corrected chi connectivity index (χ2v) is 18.5. The van der Waals surface area contributed by atoms with Gasteiger partial charge < -0.3 is 14.2 Å². The Morgan fingerprint density at radius 1 is 0.313 bits per heavy atom. The van der Waals surface area contributed by atoms with Crippen molar-refractivity contribution in [2.45, 2.75) is 271 Å². The molecule has 0 N–H and O–H groups in total. The first-order chi connectivity index (χ1) is 33.0. The molecule has 0 fully saturated rings. The van der Waals surface area contributed by atoms with E-state index >= 15 is 0 Å². The number of hydrogen-bond acceptors (Lipinski definition) is 6. The fraction of sp³-hybridized carbons (Fsp3) is 0.721. The van der Waals surface area contributed by atoms with Gasteiger partial charge in [0, 0.05) is 19.3 Å². The average molecular weight is 933 g/mol. The highest BCUT2D eigenvalue weighted by Gasteiger charge is 2.19. The molecule has 0 amide bonds. The average Bonchev–Trinajstić information content (AvgIpc) is 3.33. The number of hydrogen-bond donors (Lipinski definition) is 0. The SMILES string of the molecule is CC/C=C/C/C=C/C/C=C/C/C=C/C/C=C/CCCCCC(=O)OC[C@@H](COC(=O)CCCCCCC/C=C/CCCCCC)OC(=O)CCCCCCCCC/C=C/CCCCCCCC. The normalized spacial score (nSPS) is 12.7. The molecule has 0 aromatic rings. The van der Waals surface area contributed by atoms with Gasteiger partial charge in [-0.3, -0.25) is 14.4 Å². The monoisotopic (exact) mass is 933 g/mol. The van der Waals surface area contributed by atoms with Crippen LogP contribution in [0.15, 0.2) is 85.1 Å². The maximum atomic E-state index is 12.8. The minimum atomic E-state index is -0.796. The topological polar surface area (TPSA) is 78.9 Å². The van der Waals surface area contributed by atoms with Crippen molar-refractivity contribution in [3.8, 4) is 0 Å². The molecule has 384 valence electrons. The van der Waals surface area contributed by atoms with Gasteiger partial charge in [-0.05, 0) is 116 Å². The maximum absolute atomic E-state index is 12.8. The zero-order chi connectivity index (χ0) is 48.6. The summed E-state index contributed by atoms with van der Waals surface area (Å²) in [5.74, 6) is -0.935. The summed E-state index contributed by atoms with van der Waals surface area (Å²) in [4.78, 5) is 38.1. The van der Waals surface area contributed by atoms with Gasteiger partial charge in [0.15, 0.2) is 6.10 Å². The van der Waals surface area contributed by atoms with E-state index in [1.165, 1.54) is 122 Å². The van der Waals surface area contributed by atoms with E-state index in [-0.39, 0.29) is 31.1 Å². The molecule has 0 aromatic carbocycles. The molecule has 0 aliphatic carbocycles. The molecule has 0 aliphatic rings. The van der Waals surface area contributed by atoms with Crippen LogP contribution in [0.2, 0.25) is 0 Å². The zero-order valence-corrected chi connectivity index (χ0v) is 43.9. The van der Waals surface area contributed by atoms with E-state index in [4.69, 9.17) is 14.2 Å². The van der Waals surface area contributed by atoms with Crippen molar-refractivity contribution in [1.82, 2.24) is 0 Å². The fourth-order valence-corrected chi connectivity index (χ4v) is 7.63. The third-order valence-corrected chi connectivity index (χ3v) is 11.9. The Bertz CT molecular complexity index is 1300. The molecule has 0 aliphatic heterocycles. The van der Waals surface area contributed by atoms with Gasteiger partial charge in [0.2, 0.25) is 0 Å². The lowest BCUT2D eigenvalue weighted by Gasteiger charge is -2.18. The highest BCUT2D eigenvalue weighted by atomic mass is 16.6. The Morgan fingerprint density at radius 2 is 0.582 bits per heavy atom. The van der Waals surface area contributed by atoms with Gasteiger partial charge in [0.25, 0.3) is 0 Å². The van der Waals surface area contributed by atoms with Crippen molar-refractivity contribution in [3.05, 3.63) is 85.1 Å². The van der Waals surface area contributed by atoms with Crippen molar-refractivity contribution in [2.24, 2.45) is 0 Å². The zero-order valence-electron chi connectivity index (χ0n) is 43.9. The van der Waals surface area contributed by atoms with Crippen molar-refractivity contribution in [3.63, 3.8) is 0 Å². The summed E-state index contributed by atoms with van der Waals surface area (Å²) >= 11 is 0. The summed E-state index contributed by atoms with van der Waals surface area (Å²) < 4.78 is 16.8. The molecule has 0 heterocycles. The van der Waals surface area contributed by atoms with Crippen LogP contribution in [-0.4, -0.2) is 37.2 Å². The summed E-state index contributed by atoms with van der Waals surface area (Å²) in [6.07, 6.45) is 71.4. The number of unbranched alkanes of at least 4 members (excludes halogenated alkanes) is 25. The number of esters is 3. The van der Waals surface area contributed by atoms with Crippen LogP contribution in [0.3, 0.4) is 0 Å². The first kappa shape index (κ1) is 63.6. The van der Waals surface area contributed by atoms with E-state index in [0.717, 1.165) is 103 Å². The first-order valence-corrected chi connectivity index (χ1v) is 28.1. The molecule has 0 spiro atoms. The molecule has 0 aromatic heterocycles. The molecule has 0 rings (SSSR count). The molecule has 0 saturated carbocycles. The first-order valence-electron chi connectivity index (χ1n) is 28.1. The van der Waals surface area contributed by atoms with E-state index in [1.807, 2.05) is 0 Å². The molecular weight excluding hydrogens is 829 g/mol. The minimum Gasteiger partial charge on any atom is -0.462 e. The molecular formula is C61H104O6. The quantitative estimate of drug-likeness (QED) is 0.0262. The van der Waals surface area contributed by atoms with E-state index in [0.29, 0.717) is 19.3 Å². The van der Waals surface area contributed by atoms with Crippen LogP contribution < -0.4 is 0 Å². The Hall–Kier alpha value is -3.41. The van der Waals surface area contributed by atoms with Gasteiger partial charge in [-0.2, -0.15) is 0 Å². The number of carbonyl (C=O) groups is 3. The maximum Gasteiger partial charge on any atom is 0.306 e. The molecule has 0 bridgehead atoms. The van der Waals surface area contributed by atoms with Gasteiger partial charge in [-0.25, -0.2) is 0 Å². The van der Waals surface area contributed by atoms with Crippen molar-refractivity contribution in [1.29, 1.82) is 0 Å². The van der Waals surface area contributed by atoms with Crippen molar-refractivity contribution < 1.29 is 28.6 Å². The van der Waals surface area contributed by atoms with Crippen LogP contribution in [0, 0.1) is 0 Å². The van der Waals surface area contributed by atoms with Crippen LogP contribution in [0.25, 0.3) is 0 Å². The Balaban J connectivity index is 4.45. The van der Waals surface area contributed by atoms with Crippen LogP contribution in [-0.2, 0) is 28.6 Å². The number of allylic oxidation sites excluding steroid dienone is 14. The fourth-order valence-electron chi connectivity index (χ4n) is 7.63. The Kier molecular flexibility index (Phi) is 52.4. The van der Waals surface area contributed by atoms with Crippen LogP contribution in [0.1, 0.15) is 265 Å². The predicted molar refractivity (Wildman–Crippen MR) is 288 cm³/mol. The van der Waals surface area contributed by atoms with Gasteiger partial charge in [-0.1, -0.05) is 215 Å². The standard InChI is InChI=1S/C61H104O6/c1-4-7-10-13-16-19-22-25-27-29-30-32-33-36-39-42-45-48-51-54-60(63)66-57-58(56-65-59(62)53-50-47-44-41-38-35-24-21-18-15-12-9-6-3)67-61(64)55-52-49-46-43-40-37-34-31-28-26-23-20-17-14-11-8-5-2/h7,10,16,19,21,24-28,30,32,36,39,58H,4-6,8-9,11-15,17-18,20,22-23,29,31,33-35,37-38,40-57H2,1-3H3/b10-7+,19-16+,24-21+,27-25+,28-26+,32-30+,39-36+/t58-/m1/s1. The van der Waals surface area contributed by atoms with E-state index in [1.54, 1.807) is 0 Å². The largest absolute Gasteiger partial charge is 0.462 e. The molecule has 6 nitrogen and oxygen atoms in total. The summed E-state index contributed by atoms with van der Waals surface area (Å²) in [6, 6.07) is 0. The van der Waals surface area contributed by atoms with Crippen LogP contribution in [0.5, 0.6) is 0 Å². The van der Waals surface area contributed by atoms with E-state index < -0.39 is 6.10 Å². The number of carbonyl (C=O) groups excluding carboxylic acids is 3. The van der Waals surface area contributed by atoms with Crippen LogP contribution in [0.4, 0.5) is 0 Å². The Morgan fingerprint density at radius 3 is 0.955 bits per heavy atom.